The van der Waals surface area contributed by atoms with E-state index in [4.69, 9.17) is 16.3 Å². The van der Waals surface area contributed by atoms with Gasteiger partial charge in [-0.15, -0.1) is 0 Å². The fourth-order valence-corrected chi connectivity index (χ4v) is 3.86. The number of pyridine rings is 1. The summed E-state index contributed by atoms with van der Waals surface area (Å²) in [5.41, 5.74) is 2.40. The molecular formula is C21H26ClNO3. The Morgan fingerprint density at radius 3 is 2.50 bits per heavy atom. The second-order valence-electron chi connectivity index (χ2n) is 7.02. The number of nitrogens with zero attached hydrogens (tertiary/aromatic N) is 1. The van der Waals surface area contributed by atoms with Gasteiger partial charge in [-0.2, -0.15) is 0 Å². The Bertz CT molecular complexity index is 792. The molecule has 0 radical (unpaired) electrons. The van der Waals surface area contributed by atoms with Crippen LogP contribution in [0, 0.1) is 0 Å². The zero-order valence-electron chi connectivity index (χ0n) is 15.2. The van der Waals surface area contributed by atoms with E-state index in [2.05, 4.69) is 6.92 Å². The molecule has 1 fully saturated rings. The number of rotatable bonds is 6. The molecule has 2 heterocycles. The summed E-state index contributed by atoms with van der Waals surface area (Å²) in [5.74, 6) is 0. The Balaban J connectivity index is 1.89. The van der Waals surface area contributed by atoms with Crippen molar-refractivity contribution in [2.45, 2.75) is 44.6 Å². The van der Waals surface area contributed by atoms with Crippen LogP contribution in [0.25, 0.3) is 11.1 Å². The van der Waals surface area contributed by atoms with Crippen molar-refractivity contribution in [2.75, 3.05) is 19.8 Å². The first-order valence-corrected chi connectivity index (χ1v) is 9.67. The van der Waals surface area contributed by atoms with Gasteiger partial charge in [0.25, 0.3) is 5.56 Å². The van der Waals surface area contributed by atoms with Crippen molar-refractivity contribution in [3.8, 4) is 11.1 Å². The Morgan fingerprint density at radius 2 is 1.88 bits per heavy atom. The van der Waals surface area contributed by atoms with E-state index in [0.29, 0.717) is 19.8 Å². The van der Waals surface area contributed by atoms with Gasteiger partial charge in [-0.25, -0.2) is 0 Å². The molecule has 0 aliphatic carbocycles. The van der Waals surface area contributed by atoms with Crippen LogP contribution in [0.4, 0.5) is 0 Å². The summed E-state index contributed by atoms with van der Waals surface area (Å²) in [5, 5.41) is 10.2. The van der Waals surface area contributed by atoms with Crippen molar-refractivity contribution >= 4 is 11.6 Å². The zero-order valence-corrected chi connectivity index (χ0v) is 16.0. The third-order valence-electron chi connectivity index (χ3n) is 5.42. The highest BCUT2D eigenvalue weighted by atomic mass is 35.5. The number of hydrogen-bond acceptors (Lipinski definition) is 3. The summed E-state index contributed by atoms with van der Waals surface area (Å²) in [6, 6.07) is 9.95. The lowest BCUT2D eigenvalue weighted by molar-refractivity contribution is 0.0253. The highest BCUT2D eigenvalue weighted by Crippen LogP contribution is 2.36. The van der Waals surface area contributed by atoms with Gasteiger partial charge in [0.05, 0.1) is 6.61 Å². The molecule has 0 amide bonds. The molecule has 0 atom stereocenters. The molecule has 1 aliphatic heterocycles. The van der Waals surface area contributed by atoms with Crippen LogP contribution in [-0.2, 0) is 16.7 Å². The number of unbranched alkanes of at least 4 members (excludes halogenated alkanes) is 1. The number of aromatic nitrogens is 1. The lowest BCUT2D eigenvalue weighted by Crippen LogP contribution is -2.37. The predicted octanol–water partition coefficient (Wildman–Crippen LogP) is 4.01. The van der Waals surface area contributed by atoms with Crippen molar-refractivity contribution in [1.29, 1.82) is 0 Å². The van der Waals surface area contributed by atoms with Gasteiger partial charge < -0.3 is 14.4 Å². The second-order valence-corrected chi connectivity index (χ2v) is 7.40. The molecule has 1 aromatic carbocycles. The molecular weight excluding hydrogens is 350 g/mol. The molecule has 0 saturated carbocycles. The van der Waals surface area contributed by atoms with E-state index >= 15 is 0 Å². The molecule has 1 saturated heterocycles. The maximum Gasteiger partial charge on any atom is 0.269 e. The topological polar surface area (TPSA) is 51.5 Å². The minimum absolute atomic E-state index is 0.115. The molecule has 1 aliphatic rings. The molecule has 4 nitrogen and oxygen atoms in total. The summed E-state index contributed by atoms with van der Waals surface area (Å²) in [7, 11) is 0. The molecule has 5 heteroatoms. The standard InChI is InChI=1S/C21H26ClNO3/c1-2-3-11-23-12-8-18(19(22)20(23)25)16-4-6-17(7-5-16)21(15-24)9-13-26-14-10-21/h4-8,12,24H,2-3,9-11,13-15H2,1H3. The molecule has 1 aromatic heterocycles. The number of aliphatic hydroxyl groups excluding tert-OH is 1. The molecule has 3 rings (SSSR count). The van der Waals surface area contributed by atoms with Gasteiger partial charge in [-0.3, -0.25) is 4.79 Å². The molecule has 2 aromatic rings. The first kappa shape index (κ1) is 19.2. The number of aryl methyl sites for hydroxylation is 1. The molecule has 0 bridgehead atoms. The summed E-state index contributed by atoms with van der Waals surface area (Å²) >= 11 is 6.37. The van der Waals surface area contributed by atoms with Gasteiger partial charge in [-0.05, 0) is 36.5 Å². The van der Waals surface area contributed by atoms with Gasteiger partial charge >= 0.3 is 0 Å². The summed E-state index contributed by atoms with van der Waals surface area (Å²) in [6.45, 7) is 4.24. The maximum absolute atomic E-state index is 12.5. The van der Waals surface area contributed by atoms with E-state index in [-0.39, 0.29) is 22.6 Å². The van der Waals surface area contributed by atoms with Crippen LogP contribution in [0.5, 0.6) is 0 Å². The summed E-state index contributed by atoms with van der Waals surface area (Å²) in [6.07, 6.45) is 5.44. The Kier molecular flexibility index (Phi) is 6.17. The zero-order chi connectivity index (χ0) is 18.6. The number of halogens is 1. The van der Waals surface area contributed by atoms with Crippen molar-refractivity contribution in [2.24, 2.45) is 0 Å². The minimum atomic E-state index is -0.232. The largest absolute Gasteiger partial charge is 0.395 e. The Hall–Kier alpha value is -1.62. The number of ether oxygens (including phenoxy) is 1. The molecule has 26 heavy (non-hydrogen) atoms. The van der Waals surface area contributed by atoms with Crippen molar-refractivity contribution < 1.29 is 9.84 Å². The molecule has 0 unspecified atom stereocenters. The van der Waals surface area contributed by atoms with Gasteiger partial charge in [0.15, 0.2) is 0 Å². The van der Waals surface area contributed by atoms with Crippen LogP contribution in [0.1, 0.15) is 38.2 Å². The second kappa shape index (κ2) is 8.38. The lowest BCUT2D eigenvalue weighted by atomic mass is 9.74. The Morgan fingerprint density at radius 1 is 1.19 bits per heavy atom. The van der Waals surface area contributed by atoms with E-state index < -0.39 is 0 Å². The average molecular weight is 376 g/mol. The van der Waals surface area contributed by atoms with Crippen molar-refractivity contribution in [3.63, 3.8) is 0 Å². The molecule has 140 valence electrons. The predicted molar refractivity (Wildman–Crippen MR) is 105 cm³/mol. The van der Waals surface area contributed by atoms with Gasteiger partial charge in [0.1, 0.15) is 5.02 Å². The van der Waals surface area contributed by atoms with E-state index in [1.807, 2.05) is 36.5 Å². The average Bonchev–Trinajstić information content (AvgIpc) is 2.70. The SMILES string of the molecule is CCCCn1ccc(-c2ccc(C3(CO)CCOCC3)cc2)c(Cl)c1=O. The van der Waals surface area contributed by atoms with Crippen molar-refractivity contribution in [3.05, 3.63) is 57.5 Å². The first-order chi connectivity index (χ1) is 12.6. The van der Waals surface area contributed by atoms with Gasteiger partial charge in [0.2, 0.25) is 0 Å². The normalized spacial score (nSPS) is 16.6. The van der Waals surface area contributed by atoms with E-state index in [1.165, 1.54) is 0 Å². The van der Waals surface area contributed by atoms with Crippen LogP contribution in [0.3, 0.4) is 0 Å². The highest BCUT2D eigenvalue weighted by molar-refractivity contribution is 6.33. The van der Waals surface area contributed by atoms with Crippen LogP contribution in [0.2, 0.25) is 5.02 Å². The van der Waals surface area contributed by atoms with Crippen molar-refractivity contribution in [1.82, 2.24) is 4.57 Å². The van der Waals surface area contributed by atoms with Gasteiger partial charge in [0, 0.05) is 36.9 Å². The molecule has 1 N–H and O–H groups in total. The third-order valence-corrected chi connectivity index (χ3v) is 5.78. The third kappa shape index (κ3) is 3.73. The summed E-state index contributed by atoms with van der Waals surface area (Å²) < 4.78 is 7.12. The fourth-order valence-electron chi connectivity index (χ4n) is 3.58. The maximum atomic E-state index is 12.5. The lowest BCUT2D eigenvalue weighted by Gasteiger charge is -2.36. The number of hydrogen-bond donors (Lipinski definition) is 1. The molecule has 0 spiro atoms. The van der Waals surface area contributed by atoms with E-state index in [9.17, 15) is 9.90 Å². The number of benzene rings is 1. The van der Waals surface area contributed by atoms with Crippen LogP contribution < -0.4 is 5.56 Å². The Labute approximate surface area is 159 Å². The fraction of sp³-hybridized carbons (Fsp3) is 0.476. The quantitative estimate of drug-likeness (QED) is 0.829. The van der Waals surface area contributed by atoms with Crippen LogP contribution in [-0.4, -0.2) is 29.5 Å². The summed E-state index contributed by atoms with van der Waals surface area (Å²) in [4.78, 5) is 12.5. The van der Waals surface area contributed by atoms with Crippen LogP contribution >= 0.6 is 11.6 Å². The van der Waals surface area contributed by atoms with E-state index in [1.54, 1.807) is 4.57 Å². The smallest absolute Gasteiger partial charge is 0.269 e. The van der Waals surface area contributed by atoms with Gasteiger partial charge in [-0.1, -0.05) is 49.2 Å². The van der Waals surface area contributed by atoms with Crippen LogP contribution in [0.15, 0.2) is 41.3 Å². The minimum Gasteiger partial charge on any atom is -0.395 e. The first-order valence-electron chi connectivity index (χ1n) is 9.30. The van der Waals surface area contributed by atoms with E-state index in [0.717, 1.165) is 42.4 Å². The number of aliphatic hydroxyl groups is 1. The highest BCUT2D eigenvalue weighted by Gasteiger charge is 2.33. The monoisotopic (exact) mass is 375 g/mol.